The fourth-order valence-electron chi connectivity index (χ4n) is 3.85. The molecular weight excluding hydrogens is 322 g/mol. The number of ketones is 1. The van der Waals surface area contributed by atoms with E-state index in [4.69, 9.17) is 9.26 Å². The molecule has 0 N–H and O–H groups in total. The molecule has 1 amide bonds. The Kier molecular flexibility index (Phi) is 4.25. The minimum atomic E-state index is -0.187. The number of hydrogen-bond acceptors (Lipinski definition) is 6. The van der Waals surface area contributed by atoms with Gasteiger partial charge in [0.1, 0.15) is 5.78 Å². The number of nitrogens with zero attached hydrogens (tertiary/aromatic N) is 3. The summed E-state index contributed by atoms with van der Waals surface area (Å²) in [7, 11) is 0. The van der Waals surface area contributed by atoms with Crippen molar-refractivity contribution >= 4 is 22.8 Å². The van der Waals surface area contributed by atoms with Crippen molar-refractivity contribution < 1.29 is 18.8 Å². The van der Waals surface area contributed by atoms with Gasteiger partial charge >= 0.3 is 0 Å². The van der Waals surface area contributed by atoms with Gasteiger partial charge in [0.2, 0.25) is 0 Å². The monoisotopic (exact) mass is 343 g/mol. The molecule has 0 radical (unpaired) electrons. The second-order valence-corrected chi connectivity index (χ2v) is 6.80. The summed E-state index contributed by atoms with van der Waals surface area (Å²) in [5, 5.41) is 4.62. The van der Waals surface area contributed by atoms with Crippen LogP contribution in [0.5, 0.6) is 0 Å². The first kappa shape index (κ1) is 16.2. The smallest absolute Gasteiger partial charge is 0.257 e. The molecule has 2 atom stereocenters. The number of rotatable bonds is 2. The van der Waals surface area contributed by atoms with Crippen molar-refractivity contribution in [2.24, 2.45) is 5.92 Å². The number of morpholine rings is 1. The molecule has 1 aliphatic carbocycles. The Labute approximate surface area is 145 Å². The summed E-state index contributed by atoms with van der Waals surface area (Å²) in [6.45, 7) is 3.23. The lowest BCUT2D eigenvalue weighted by molar-refractivity contribution is -0.129. The number of carbonyl (C=O) groups excluding carboxylic acids is 2. The summed E-state index contributed by atoms with van der Waals surface area (Å²) in [6, 6.07) is 1.58. The number of aromatic nitrogens is 2. The van der Waals surface area contributed by atoms with Crippen LogP contribution < -0.4 is 0 Å². The van der Waals surface area contributed by atoms with E-state index in [1.807, 2.05) is 6.92 Å². The molecule has 25 heavy (non-hydrogen) atoms. The summed E-state index contributed by atoms with van der Waals surface area (Å²) < 4.78 is 10.7. The third-order valence-corrected chi connectivity index (χ3v) is 5.25. The highest BCUT2D eigenvalue weighted by Crippen LogP contribution is 2.29. The fraction of sp³-hybridized carbons (Fsp3) is 0.556. The lowest BCUT2D eigenvalue weighted by Crippen LogP contribution is -2.54. The third kappa shape index (κ3) is 2.93. The third-order valence-electron chi connectivity index (χ3n) is 5.25. The minimum absolute atomic E-state index is 0.110. The van der Waals surface area contributed by atoms with Gasteiger partial charge in [-0.25, -0.2) is 4.98 Å². The van der Waals surface area contributed by atoms with Crippen LogP contribution in [0, 0.1) is 12.8 Å². The van der Waals surface area contributed by atoms with Crippen molar-refractivity contribution in [3.8, 4) is 0 Å². The maximum Gasteiger partial charge on any atom is 0.257 e. The molecule has 2 aromatic heterocycles. The Hall–Kier alpha value is -2.28. The molecule has 1 saturated carbocycles. The predicted octanol–water partition coefficient (Wildman–Crippen LogP) is 2.13. The van der Waals surface area contributed by atoms with Crippen LogP contribution in [0.4, 0.5) is 0 Å². The highest BCUT2D eigenvalue weighted by Gasteiger charge is 2.38. The molecule has 0 spiro atoms. The van der Waals surface area contributed by atoms with E-state index in [0.29, 0.717) is 43.2 Å². The zero-order chi connectivity index (χ0) is 17.4. The summed E-state index contributed by atoms with van der Waals surface area (Å²) in [4.78, 5) is 31.5. The summed E-state index contributed by atoms with van der Waals surface area (Å²) in [5.74, 6) is 0.0247. The van der Waals surface area contributed by atoms with Gasteiger partial charge in [-0.3, -0.25) is 9.59 Å². The zero-order valence-electron chi connectivity index (χ0n) is 14.2. The van der Waals surface area contributed by atoms with E-state index in [2.05, 4.69) is 10.1 Å². The second-order valence-electron chi connectivity index (χ2n) is 6.80. The molecule has 0 bridgehead atoms. The van der Waals surface area contributed by atoms with Crippen LogP contribution in [-0.4, -0.2) is 52.5 Å². The van der Waals surface area contributed by atoms with E-state index < -0.39 is 0 Å². The molecule has 3 heterocycles. The quantitative estimate of drug-likeness (QED) is 0.830. The highest BCUT2D eigenvalue weighted by atomic mass is 16.5. The number of aryl methyl sites for hydroxylation is 1. The Balaban J connectivity index is 1.63. The fourth-order valence-corrected chi connectivity index (χ4v) is 3.85. The maximum atomic E-state index is 13.1. The molecule has 1 aliphatic heterocycles. The predicted molar refractivity (Wildman–Crippen MR) is 89.1 cm³/mol. The van der Waals surface area contributed by atoms with Crippen molar-refractivity contribution in [3.05, 3.63) is 23.5 Å². The molecule has 2 unspecified atom stereocenters. The van der Waals surface area contributed by atoms with Gasteiger partial charge in [0.05, 0.1) is 35.9 Å². The Morgan fingerprint density at radius 1 is 1.36 bits per heavy atom. The lowest BCUT2D eigenvalue weighted by atomic mass is 9.82. The molecule has 1 saturated heterocycles. The SMILES string of the molecule is Cc1noc2ncc(C(=O)N3CCOCC3C3CCCCC3=O)cc12. The molecule has 2 aliphatic rings. The van der Waals surface area contributed by atoms with Crippen LogP contribution in [0.1, 0.15) is 41.7 Å². The largest absolute Gasteiger partial charge is 0.377 e. The molecule has 2 fully saturated rings. The summed E-state index contributed by atoms with van der Waals surface area (Å²) >= 11 is 0. The number of hydrogen-bond donors (Lipinski definition) is 0. The van der Waals surface area contributed by atoms with Crippen molar-refractivity contribution in [3.63, 3.8) is 0 Å². The second kappa shape index (κ2) is 6.55. The van der Waals surface area contributed by atoms with Gasteiger partial charge in [-0.2, -0.15) is 0 Å². The number of Topliss-reactive ketones (excluding diaryl/α,β-unsaturated/α-hetero) is 1. The van der Waals surface area contributed by atoms with E-state index in [1.165, 1.54) is 6.20 Å². The normalized spacial score (nSPS) is 24.7. The molecule has 0 aromatic carbocycles. The van der Waals surface area contributed by atoms with E-state index >= 15 is 0 Å². The first-order valence-electron chi connectivity index (χ1n) is 8.78. The average molecular weight is 343 g/mol. The molecule has 4 rings (SSSR count). The molecule has 2 aromatic rings. The molecule has 7 heteroatoms. The first-order chi connectivity index (χ1) is 12.1. The van der Waals surface area contributed by atoms with Crippen LogP contribution >= 0.6 is 0 Å². The van der Waals surface area contributed by atoms with Crippen LogP contribution in [0.3, 0.4) is 0 Å². The van der Waals surface area contributed by atoms with Crippen LogP contribution in [0.25, 0.3) is 11.1 Å². The van der Waals surface area contributed by atoms with Crippen LogP contribution in [0.15, 0.2) is 16.8 Å². The number of pyridine rings is 1. The standard InChI is InChI=1S/C18H21N3O4/c1-11-14-8-12(9-19-17(14)25-20-11)18(23)21-6-7-24-10-15(21)13-4-2-3-5-16(13)22/h8-9,13,15H,2-7,10H2,1H3. The van der Waals surface area contributed by atoms with Gasteiger partial charge in [0, 0.05) is 25.1 Å². The van der Waals surface area contributed by atoms with Gasteiger partial charge in [-0.1, -0.05) is 11.6 Å². The molecular formula is C18H21N3O4. The first-order valence-corrected chi connectivity index (χ1v) is 8.78. The van der Waals surface area contributed by atoms with E-state index in [0.717, 1.165) is 24.6 Å². The Morgan fingerprint density at radius 2 is 2.24 bits per heavy atom. The molecule has 7 nitrogen and oxygen atoms in total. The summed E-state index contributed by atoms with van der Waals surface area (Å²) in [5.41, 5.74) is 1.63. The topological polar surface area (TPSA) is 85.5 Å². The lowest BCUT2D eigenvalue weighted by Gasteiger charge is -2.40. The van der Waals surface area contributed by atoms with Crippen molar-refractivity contribution in [2.45, 2.75) is 38.6 Å². The van der Waals surface area contributed by atoms with Crippen LogP contribution in [-0.2, 0) is 9.53 Å². The summed E-state index contributed by atoms with van der Waals surface area (Å²) in [6.07, 6.45) is 4.94. The number of fused-ring (bicyclic) bond motifs is 1. The number of ether oxygens (including phenoxy) is 1. The van der Waals surface area contributed by atoms with Gasteiger partial charge in [-0.05, 0) is 25.8 Å². The minimum Gasteiger partial charge on any atom is -0.377 e. The van der Waals surface area contributed by atoms with Crippen molar-refractivity contribution in [1.29, 1.82) is 0 Å². The Bertz CT molecular complexity index is 816. The molecule has 132 valence electrons. The average Bonchev–Trinajstić information content (AvgIpc) is 3.02. The zero-order valence-corrected chi connectivity index (χ0v) is 14.2. The van der Waals surface area contributed by atoms with Crippen molar-refractivity contribution in [1.82, 2.24) is 15.0 Å². The van der Waals surface area contributed by atoms with E-state index in [-0.39, 0.29) is 23.7 Å². The Morgan fingerprint density at radius 3 is 3.08 bits per heavy atom. The number of amides is 1. The van der Waals surface area contributed by atoms with Gasteiger partial charge in [-0.15, -0.1) is 0 Å². The van der Waals surface area contributed by atoms with Crippen molar-refractivity contribution in [2.75, 3.05) is 19.8 Å². The maximum absolute atomic E-state index is 13.1. The van der Waals surface area contributed by atoms with Crippen LogP contribution in [0.2, 0.25) is 0 Å². The van der Waals surface area contributed by atoms with Gasteiger partial charge in [0.15, 0.2) is 0 Å². The van der Waals surface area contributed by atoms with E-state index in [1.54, 1.807) is 11.0 Å². The van der Waals surface area contributed by atoms with Gasteiger partial charge < -0.3 is 14.2 Å². The van der Waals surface area contributed by atoms with Gasteiger partial charge in [0.25, 0.3) is 11.6 Å². The number of carbonyl (C=O) groups is 2. The highest BCUT2D eigenvalue weighted by molar-refractivity contribution is 5.97. The van der Waals surface area contributed by atoms with E-state index in [9.17, 15) is 9.59 Å².